The van der Waals surface area contributed by atoms with E-state index >= 15 is 0 Å². The molecule has 15 heavy (non-hydrogen) atoms. The first-order valence-corrected chi connectivity index (χ1v) is 5.42. The van der Waals surface area contributed by atoms with E-state index in [-0.39, 0.29) is 5.91 Å². The molecule has 0 bridgehead atoms. The zero-order valence-corrected chi connectivity index (χ0v) is 9.17. The maximum atomic E-state index is 11.9. The van der Waals surface area contributed by atoms with Crippen LogP contribution in [0.1, 0.15) is 47.5 Å². The molecule has 1 amide bonds. The van der Waals surface area contributed by atoms with Crippen LogP contribution >= 0.6 is 0 Å². The number of hydrogen-bond acceptors (Lipinski definition) is 3. The van der Waals surface area contributed by atoms with Gasteiger partial charge in [-0.25, -0.2) is 0 Å². The van der Waals surface area contributed by atoms with Gasteiger partial charge in [0.25, 0.3) is 5.91 Å². The van der Waals surface area contributed by atoms with Crippen molar-refractivity contribution in [3.8, 4) is 0 Å². The van der Waals surface area contributed by atoms with Crippen LogP contribution in [0.4, 0.5) is 0 Å². The Balaban J connectivity index is 2.07. The van der Waals surface area contributed by atoms with Crippen LogP contribution in [0.5, 0.6) is 0 Å². The minimum atomic E-state index is -0.0434. The molecule has 0 spiro atoms. The number of carbonyl (C=O) groups is 1. The molecule has 82 valence electrons. The third-order valence-corrected chi connectivity index (χ3v) is 2.95. The zero-order valence-electron chi connectivity index (χ0n) is 9.17. The van der Waals surface area contributed by atoms with Crippen LogP contribution in [0.15, 0.2) is 4.52 Å². The highest BCUT2D eigenvalue weighted by Crippen LogP contribution is 2.19. The van der Waals surface area contributed by atoms with Gasteiger partial charge in [-0.3, -0.25) is 4.79 Å². The molecule has 1 aromatic heterocycles. The lowest BCUT2D eigenvalue weighted by Crippen LogP contribution is -2.33. The summed E-state index contributed by atoms with van der Waals surface area (Å²) in [5.74, 6) is 0.557. The van der Waals surface area contributed by atoms with Crippen molar-refractivity contribution >= 4 is 5.91 Å². The Bertz CT molecular complexity index is 345. The first-order chi connectivity index (χ1) is 7.18. The number of nitrogens with one attached hydrogen (secondary N) is 1. The summed E-state index contributed by atoms with van der Waals surface area (Å²) in [6, 6.07) is 0.339. The topological polar surface area (TPSA) is 55.1 Å². The van der Waals surface area contributed by atoms with Crippen LogP contribution < -0.4 is 5.32 Å². The zero-order chi connectivity index (χ0) is 10.8. The molecule has 0 unspecified atom stereocenters. The molecule has 1 heterocycles. The quantitative estimate of drug-likeness (QED) is 0.808. The summed E-state index contributed by atoms with van der Waals surface area (Å²) in [5.41, 5.74) is 1.27. The predicted octanol–water partition coefficient (Wildman–Crippen LogP) is 1.96. The van der Waals surface area contributed by atoms with Crippen LogP contribution in [0.25, 0.3) is 0 Å². The largest absolute Gasteiger partial charge is 0.361 e. The van der Waals surface area contributed by atoms with Gasteiger partial charge in [-0.05, 0) is 26.7 Å². The van der Waals surface area contributed by atoms with Crippen molar-refractivity contribution in [1.29, 1.82) is 0 Å². The average Bonchev–Trinajstić information content (AvgIpc) is 2.77. The number of hydrogen-bond donors (Lipinski definition) is 1. The first kappa shape index (κ1) is 10.2. The molecule has 1 saturated carbocycles. The summed E-state index contributed by atoms with van der Waals surface area (Å²) in [5, 5.41) is 6.80. The number of aromatic nitrogens is 1. The Kier molecular flexibility index (Phi) is 2.75. The van der Waals surface area contributed by atoms with Gasteiger partial charge in [-0.15, -0.1) is 0 Å². The molecule has 4 nitrogen and oxygen atoms in total. The van der Waals surface area contributed by atoms with E-state index in [2.05, 4.69) is 10.5 Å². The molecule has 0 atom stereocenters. The van der Waals surface area contributed by atoms with Crippen molar-refractivity contribution in [1.82, 2.24) is 10.5 Å². The molecule has 0 aliphatic heterocycles. The molecule has 1 aromatic rings. The van der Waals surface area contributed by atoms with Crippen LogP contribution in [-0.2, 0) is 0 Å². The summed E-state index contributed by atoms with van der Waals surface area (Å²) in [6.45, 7) is 3.56. The van der Waals surface area contributed by atoms with Crippen LogP contribution in [-0.4, -0.2) is 17.1 Å². The summed E-state index contributed by atoms with van der Waals surface area (Å²) >= 11 is 0. The van der Waals surface area contributed by atoms with Crippen molar-refractivity contribution in [2.75, 3.05) is 0 Å². The number of aryl methyl sites for hydroxylation is 2. The smallest absolute Gasteiger partial charge is 0.257 e. The molecule has 0 saturated heterocycles. The Morgan fingerprint density at radius 2 is 2.07 bits per heavy atom. The maximum absolute atomic E-state index is 11.9. The fourth-order valence-corrected chi connectivity index (χ4v) is 2.13. The second-order valence-electron chi connectivity index (χ2n) is 4.15. The lowest BCUT2D eigenvalue weighted by atomic mass is 10.1. The van der Waals surface area contributed by atoms with E-state index in [0.717, 1.165) is 12.8 Å². The Labute approximate surface area is 89.0 Å². The van der Waals surface area contributed by atoms with Crippen LogP contribution in [0.3, 0.4) is 0 Å². The van der Waals surface area contributed by atoms with Gasteiger partial charge >= 0.3 is 0 Å². The summed E-state index contributed by atoms with van der Waals surface area (Å²) in [4.78, 5) is 11.9. The molecule has 0 radical (unpaired) electrons. The second-order valence-corrected chi connectivity index (χ2v) is 4.15. The average molecular weight is 208 g/mol. The van der Waals surface area contributed by atoms with Crippen molar-refractivity contribution in [2.45, 2.75) is 45.6 Å². The molecule has 1 N–H and O–H groups in total. The number of amides is 1. The number of rotatable bonds is 2. The van der Waals surface area contributed by atoms with E-state index in [1.54, 1.807) is 13.8 Å². The normalized spacial score (nSPS) is 16.9. The highest BCUT2D eigenvalue weighted by molar-refractivity contribution is 5.96. The Morgan fingerprint density at radius 1 is 1.40 bits per heavy atom. The fraction of sp³-hybridized carbons (Fsp3) is 0.636. The fourth-order valence-electron chi connectivity index (χ4n) is 2.13. The lowest BCUT2D eigenvalue weighted by molar-refractivity contribution is 0.0936. The lowest BCUT2D eigenvalue weighted by Gasteiger charge is -2.11. The highest BCUT2D eigenvalue weighted by Gasteiger charge is 2.22. The monoisotopic (exact) mass is 208 g/mol. The van der Waals surface area contributed by atoms with Gasteiger partial charge in [-0.1, -0.05) is 18.0 Å². The van der Waals surface area contributed by atoms with Crippen molar-refractivity contribution in [3.05, 3.63) is 17.0 Å². The standard InChI is InChI=1S/C11H16N2O2/c1-7-10(8(2)15-13-7)11(14)12-9-5-3-4-6-9/h9H,3-6H2,1-2H3,(H,12,14). The molecule has 0 aromatic carbocycles. The van der Waals surface area contributed by atoms with Gasteiger partial charge in [0.1, 0.15) is 11.3 Å². The summed E-state index contributed by atoms with van der Waals surface area (Å²) in [7, 11) is 0. The Hall–Kier alpha value is -1.32. The molecular weight excluding hydrogens is 192 g/mol. The van der Waals surface area contributed by atoms with Gasteiger partial charge in [0.15, 0.2) is 0 Å². The van der Waals surface area contributed by atoms with E-state index in [9.17, 15) is 4.79 Å². The van der Waals surface area contributed by atoms with E-state index in [1.807, 2.05) is 0 Å². The minimum Gasteiger partial charge on any atom is -0.361 e. The van der Waals surface area contributed by atoms with Crippen molar-refractivity contribution < 1.29 is 9.32 Å². The number of nitrogens with zero attached hydrogens (tertiary/aromatic N) is 1. The van der Waals surface area contributed by atoms with E-state index < -0.39 is 0 Å². The van der Waals surface area contributed by atoms with Gasteiger partial charge in [0.05, 0.1) is 5.69 Å². The van der Waals surface area contributed by atoms with Gasteiger partial charge in [0, 0.05) is 6.04 Å². The van der Waals surface area contributed by atoms with E-state index in [1.165, 1.54) is 12.8 Å². The van der Waals surface area contributed by atoms with Gasteiger partial charge in [-0.2, -0.15) is 0 Å². The van der Waals surface area contributed by atoms with E-state index in [4.69, 9.17) is 4.52 Å². The minimum absolute atomic E-state index is 0.0434. The molecule has 4 heteroatoms. The van der Waals surface area contributed by atoms with Gasteiger partial charge in [0.2, 0.25) is 0 Å². The van der Waals surface area contributed by atoms with E-state index in [0.29, 0.717) is 23.1 Å². The summed E-state index contributed by atoms with van der Waals surface area (Å²) in [6.07, 6.45) is 4.61. The van der Waals surface area contributed by atoms with Crippen LogP contribution in [0, 0.1) is 13.8 Å². The first-order valence-electron chi connectivity index (χ1n) is 5.42. The second kappa shape index (κ2) is 4.04. The number of carbonyl (C=O) groups excluding carboxylic acids is 1. The molecule has 2 rings (SSSR count). The Morgan fingerprint density at radius 3 is 2.60 bits per heavy atom. The van der Waals surface area contributed by atoms with Gasteiger partial charge < -0.3 is 9.84 Å². The SMILES string of the molecule is Cc1noc(C)c1C(=O)NC1CCCC1. The molecule has 1 aliphatic carbocycles. The predicted molar refractivity (Wildman–Crippen MR) is 55.7 cm³/mol. The summed E-state index contributed by atoms with van der Waals surface area (Å²) < 4.78 is 4.97. The third kappa shape index (κ3) is 2.03. The maximum Gasteiger partial charge on any atom is 0.257 e. The molecular formula is C11H16N2O2. The molecule has 1 aliphatic rings. The van der Waals surface area contributed by atoms with Crippen molar-refractivity contribution in [3.63, 3.8) is 0 Å². The van der Waals surface area contributed by atoms with Crippen molar-refractivity contribution in [2.24, 2.45) is 0 Å². The molecule has 1 fully saturated rings. The van der Waals surface area contributed by atoms with Crippen LogP contribution in [0.2, 0.25) is 0 Å². The highest BCUT2D eigenvalue weighted by atomic mass is 16.5. The third-order valence-electron chi connectivity index (χ3n) is 2.95.